The normalized spacial score (nSPS) is 25.5. The molecule has 1 N–H and O–H groups in total. The van der Waals surface area contributed by atoms with Crippen LogP contribution in [0, 0.1) is 11.8 Å². The number of hydrogen-bond acceptors (Lipinski definition) is 4. The number of hydrogen-bond donors (Lipinski definition) is 1. The lowest BCUT2D eigenvalue weighted by molar-refractivity contribution is -0.143. The van der Waals surface area contributed by atoms with Gasteiger partial charge in [-0.2, -0.15) is 0 Å². The first kappa shape index (κ1) is 14.5. The van der Waals surface area contributed by atoms with Gasteiger partial charge in [0, 0.05) is 24.4 Å². The number of rotatable bonds is 2. The lowest BCUT2D eigenvalue weighted by Crippen LogP contribution is -2.45. The first-order valence-electron chi connectivity index (χ1n) is 7.26. The smallest absolute Gasteiger partial charge is 0.308 e. The molecule has 5 nitrogen and oxygen atoms in total. The molecule has 1 amide bonds. The molecule has 0 radical (unpaired) electrons. The summed E-state index contributed by atoms with van der Waals surface area (Å²) in [6, 6.07) is 1.91. The number of aliphatic carboxylic acids is 1. The van der Waals surface area contributed by atoms with E-state index < -0.39 is 11.9 Å². The third-order valence-corrected chi connectivity index (χ3v) is 5.36. The number of likely N-dealkylation sites (tertiary alicyclic amines) is 1. The molecule has 1 aromatic heterocycles. The summed E-state index contributed by atoms with van der Waals surface area (Å²) in [5.41, 5.74) is 1.11. The molecular weight excluding hydrogens is 290 g/mol. The van der Waals surface area contributed by atoms with E-state index in [1.165, 1.54) is 16.2 Å². The number of fused-ring (bicyclic) bond motifs is 1. The highest BCUT2D eigenvalue weighted by Gasteiger charge is 2.33. The van der Waals surface area contributed by atoms with Crippen LogP contribution in [0.2, 0.25) is 0 Å². The van der Waals surface area contributed by atoms with E-state index in [-0.39, 0.29) is 11.8 Å². The fourth-order valence-corrected chi connectivity index (χ4v) is 4.22. The van der Waals surface area contributed by atoms with Gasteiger partial charge in [0.1, 0.15) is 0 Å². The Balaban J connectivity index is 1.77. The maximum Gasteiger partial charge on any atom is 0.308 e. The molecule has 2 aliphatic heterocycles. The van der Waals surface area contributed by atoms with Crippen LogP contribution in [-0.4, -0.2) is 41.6 Å². The number of nitrogens with zero attached hydrogens (tertiary/aromatic N) is 1. The van der Waals surface area contributed by atoms with Crippen LogP contribution >= 0.6 is 11.3 Å². The Hall–Kier alpha value is -1.40. The maximum absolute atomic E-state index is 12.6. The van der Waals surface area contributed by atoms with E-state index in [1.54, 1.807) is 4.90 Å². The highest BCUT2D eigenvalue weighted by atomic mass is 32.1. The summed E-state index contributed by atoms with van der Waals surface area (Å²) in [6.07, 6.45) is 1.51. The minimum absolute atomic E-state index is 0.0350. The molecule has 0 spiro atoms. The molecule has 1 aromatic rings. The number of thiophene rings is 1. The van der Waals surface area contributed by atoms with Crippen LogP contribution in [0.5, 0.6) is 0 Å². The first-order chi connectivity index (χ1) is 10.0. The Morgan fingerprint density at radius 2 is 2.24 bits per heavy atom. The second-order valence-corrected chi connectivity index (χ2v) is 7.08. The molecule has 2 atom stereocenters. The predicted molar refractivity (Wildman–Crippen MR) is 78.5 cm³/mol. The molecule has 1 fully saturated rings. The van der Waals surface area contributed by atoms with E-state index in [2.05, 4.69) is 0 Å². The van der Waals surface area contributed by atoms with Crippen LogP contribution in [0.1, 0.15) is 33.5 Å². The van der Waals surface area contributed by atoms with Gasteiger partial charge in [-0.1, -0.05) is 6.92 Å². The number of ether oxygens (including phenoxy) is 1. The van der Waals surface area contributed by atoms with Gasteiger partial charge < -0.3 is 14.7 Å². The van der Waals surface area contributed by atoms with Gasteiger partial charge in [-0.3, -0.25) is 9.59 Å². The molecule has 2 aliphatic rings. The zero-order valence-corrected chi connectivity index (χ0v) is 12.8. The Labute approximate surface area is 127 Å². The Kier molecular flexibility index (Phi) is 3.99. The fraction of sp³-hybridized carbons (Fsp3) is 0.600. The van der Waals surface area contributed by atoms with Crippen molar-refractivity contribution in [3.05, 3.63) is 21.4 Å². The Morgan fingerprint density at radius 1 is 1.43 bits per heavy atom. The molecule has 6 heteroatoms. The largest absolute Gasteiger partial charge is 0.481 e. The summed E-state index contributed by atoms with van der Waals surface area (Å²) in [7, 11) is 0. The van der Waals surface area contributed by atoms with Crippen LogP contribution in [0.4, 0.5) is 0 Å². The summed E-state index contributed by atoms with van der Waals surface area (Å²) in [5.74, 6) is -1.07. The van der Waals surface area contributed by atoms with Gasteiger partial charge in [0.2, 0.25) is 0 Å². The zero-order valence-electron chi connectivity index (χ0n) is 12.0. The molecular formula is C15H19NO4S. The molecule has 1 saturated heterocycles. The highest BCUT2D eigenvalue weighted by Crippen LogP contribution is 2.30. The third kappa shape index (κ3) is 2.96. The van der Waals surface area contributed by atoms with Crippen molar-refractivity contribution >= 4 is 23.2 Å². The molecule has 2 unspecified atom stereocenters. The minimum Gasteiger partial charge on any atom is -0.481 e. The molecule has 0 bridgehead atoms. The number of piperidine rings is 1. The second-order valence-electron chi connectivity index (χ2n) is 5.95. The van der Waals surface area contributed by atoms with E-state index in [0.29, 0.717) is 37.6 Å². The van der Waals surface area contributed by atoms with Gasteiger partial charge in [-0.15, -0.1) is 11.3 Å². The van der Waals surface area contributed by atoms with Crippen molar-refractivity contribution in [2.45, 2.75) is 26.4 Å². The van der Waals surface area contributed by atoms with Crippen molar-refractivity contribution in [2.24, 2.45) is 11.8 Å². The van der Waals surface area contributed by atoms with E-state index in [9.17, 15) is 14.7 Å². The standard InChI is InChI=1S/C15H19NO4S/c1-9-4-10(15(18)19)7-16(6-9)14(17)13-5-11-8-20-3-2-12(11)21-13/h5,9-10H,2-4,6-8H2,1H3,(H,18,19). The molecule has 0 aromatic carbocycles. The molecule has 3 rings (SSSR count). The SMILES string of the molecule is CC1CC(C(=O)O)CN(C(=O)c2cc3c(s2)CCOC3)C1. The maximum atomic E-state index is 12.6. The van der Waals surface area contributed by atoms with Crippen molar-refractivity contribution in [3.63, 3.8) is 0 Å². The van der Waals surface area contributed by atoms with Crippen molar-refractivity contribution in [2.75, 3.05) is 19.7 Å². The number of carboxylic acids is 1. The van der Waals surface area contributed by atoms with E-state index >= 15 is 0 Å². The predicted octanol–water partition coefficient (Wildman–Crippen LogP) is 2.00. The van der Waals surface area contributed by atoms with Gasteiger partial charge >= 0.3 is 5.97 Å². The second kappa shape index (κ2) is 5.77. The fourth-order valence-electron chi connectivity index (χ4n) is 3.10. The lowest BCUT2D eigenvalue weighted by atomic mass is 9.90. The zero-order chi connectivity index (χ0) is 15.0. The van der Waals surface area contributed by atoms with Gasteiger partial charge in [0.05, 0.1) is 24.0 Å². The van der Waals surface area contributed by atoms with E-state index in [0.717, 1.165) is 12.0 Å². The van der Waals surface area contributed by atoms with E-state index in [1.807, 2.05) is 13.0 Å². The van der Waals surface area contributed by atoms with Crippen molar-refractivity contribution in [1.29, 1.82) is 0 Å². The quantitative estimate of drug-likeness (QED) is 0.907. The topological polar surface area (TPSA) is 66.8 Å². The van der Waals surface area contributed by atoms with Crippen LogP contribution in [0.25, 0.3) is 0 Å². The molecule has 114 valence electrons. The van der Waals surface area contributed by atoms with Crippen molar-refractivity contribution < 1.29 is 19.4 Å². The summed E-state index contributed by atoms with van der Waals surface area (Å²) in [4.78, 5) is 27.5. The van der Waals surface area contributed by atoms with E-state index in [4.69, 9.17) is 4.74 Å². The summed E-state index contributed by atoms with van der Waals surface area (Å²) in [5, 5.41) is 9.21. The van der Waals surface area contributed by atoms with Crippen LogP contribution in [0.3, 0.4) is 0 Å². The van der Waals surface area contributed by atoms with Gasteiger partial charge in [0.25, 0.3) is 5.91 Å². The number of carbonyl (C=O) groups excluding carboxylic acids is 1. The van der Waals surface area contributed by atoms with Crippen LogP contribution in [0.15, 0.2) is 6.07 Å². The van der Waals surface area contributed by atoms with Crippen molar-refractivity contribution in [1.82, 2.24) is 4.90 Å². The van der Waals surface area contributed by atoms with Gasteiger partial charge in [-0.05, 0) is 24.0 Å². The molecule has 21 heavy (non-hydrogen) atoms. The highest BCUT2D eigenvalue weighted by molar-refractivity contribution is 7.14. The minimum atomic E-state index is -0.807. The number of amides is 1. The third-order valence-electron chi connectivity index (χ3n) is 4.13. The average Bonchev–Trinajstić information content (AvgIpc) is 2.89. The first-order valence-corrected chi connectivity index (χ1v) is 8.07. The number of carboxylic acid groups (broad SMARTS) is 1. The Morgan fingerprint density at radius 3 is 2.95 bits per heavy atom. The Bertz CT molecular complexity index is 545. The molecule has 0 saturated carbocycles. The summed E-state index contributed by atoms with van der Waals surface area (Å²) in [6.45, 7) is 4.25. The van der Waals surface area contributed by atoms with Crippen molar-refractivity contribution in [3.8, 4) is 0 Å². The average molecular weight is 309 g/mol. The lowest BCUT2D eigenvalue weighted by Gasteiger charge is -2.34. The van der Waals surface area contributed by atoms with Gasteiger partial charge in [0.15, 0.2) is 0 Å². The molecule has 0 aliphatic carbocycles. The van der Waals surface area contributed by atoms with Crippen LogP contribution < -0.4 is 0 Å². The number of carbonyl (C=O) groups is 2. The monoisotopic (exact) mass is 309 g/mol. The summed E-state index contributed by atoms with van der Waals surface area (Å²) >= 11 is 1.53. The molecule has 3 heterocycles. The van der Waals surface area contributed by atoms with Crippen LogP contribution in [-0.2, 0) is 22.6 Å². The summed E-state index contributed by atoms with van der Waals surface area (Å²) < 4.78 is 5.40. The van der Waals surface area contributed by atoms with Gasteiger partial charge in [-0.25, -0.2) is 0 Å².